The van der Waals surface area contributed by atoms with E-state index in [1.165, 1.54) is 6.07 Å². The quantitative estimate of drug-likeness (QED) is 0.885. The van der Waals surface area contributed by atoms with Crippen molar-refractivity contribution in [3.63, 3.8) is 0 Å². The van der Waals surface area contributed by atoms with Crippen LogP contribution in [0.4, 0.5) is 4.39 Å². The molecule has 0 unspecified atom stereocenters. The lowest BCUT2D eigenvalue weighted by Gasteiger charge is -2.23. The van der Waals surface area contributed by atoms with Gasteiger partial charge in [0.2, 0.25) is 0 Å². The maximum atomic E-state index is 13.2. The van der Waals surface area contributed by atoms with Crippen LogP contribution in [0.25, 0.3) is 0 Å². The van der Waals surface area contributed by atoms with Crippen molar-refractivity contribution in [2.24, 2.45) is 0 Å². The van der Waals surface area contributed by atoms with Gasteiger partial charge in [-0.05, 0) is 47.5 Å². The number of rotatable bonds is 4. The lowest BCUT2D eigenvalue weighted by atomic mass is 10.1. The Morgan fingerprint density at radius 3 is 2.67 bits per heavy atom. The van der Waals surface area contributed by atoms with Crippen molar-refractivity contribution >= 4 is 15.9 Å². The number of hydrogen-bond donors (Lipinski definition) is 2. The van der Waals surface area contributed by atoms with E-state index < -0.39 is 0 Å². The SMILES string of the molecule is CC(C)(CO)NCc1ccc(Br)c(F)c1. The van der Waals surface area contributed by atoms with Gasteiger partial charge in [0.25, 0.3) is 0 Å². The van der Waals surface area contributed by atoms with E-state index in [-0.39, 0.29) is 18.0 Å². The monoisotopic (exact) mass is 275 g/mol. The van der Waals surface area contributed by atoms with Gasteiger partial charge in [-0.25, -0.2) is 4.39 Å². The summed E-state index contributed by atoms with van der Waals surface area (Å²) < 4.78 is 13.6. The number of aliphatic hydroxyl groups excluding tert-OH is 1. The molecule has 4 heteroatoms. The average molecular weight is 276 g/mol. The van der Waals surface area contributed by atoms with Crippen LogP contribution in [0.5, 0.6) is 0 Å². The molecular formula is C11H15BrFNO. The zero-order valence-corrected chi connectivity index (χ0v) is 10.4. The summed E-state index contributed by atoms with van der Waals surface area (Å²) in [7, 11) is 0. The normalized spacial score (nSPS) is 11.8. The molecule has 84 valence electrons. The molecule has 0 fully saturated rings. The lowest BCUT2D eigenvalue weighted by molar-refractivity contribution is 0.187. The van der Waals surface area contributed by atoms with Crippen LogP contribution in [0.15, 0.2) is 22.7 Å². The standard InChI is InChI=1S/C11H15BrFNO/c1-11(2,7-15)14-6-8-3-4-9(12)10(13)5-8/h3-5,14-15H,6-7H2,1-2H3. The number of nitrogens with one attached hydrogen (secondary N) is 1. The predicted octanol–water partition coefficient (Wildman–Crippen LogP) is 2.45. The van der Waals surface area contributed by atoms with E-state index in [0.29, 0.717) is 11.0 Å². The fraction of sp³-hybridized carbons (Fsp3) is 0.455. The Labute approximate surface area is 97.6 Å². The Kier molecular flexibility index (Phi) is 4.25. The van der Waals surface area contributed by atoms with Gasteiger partial charge in [0.15, 0.2) is 0 Å². The van der Waals surface area contributed by atoms with Gasteiger partial charge in [-0.2, -0.15) is 0 Å². The molecule has 0 aliphatic rings. The summed E-state index contributed by atoms with van der Waals surface area (Å²) in [5.74, 6) is -0.267. The Morgan fingerprint density at radius 1 is 1.47 bits per heavy atom. The first-order chi connectivity index (χ1) is 6.94. The van der Waals surface area contributed by atoms with Gasteiger partial charge in [0.05, 0.1) is 11.1 Å². The molecule has 1 rings (SSSR count). The first-order valence-corrected chi connectivity index (χ1v) is 5.54. The Hall–Kier alpha value is -0.450. The van der Waals surface area contributed by atoms with Crippen LogP contribution in [0, 0.1) is 5.82 Å². The van der Waals surface area contributed by atoms with E-state index in [1.807, 2.05) is 19.9 Å². The van der Waals surface area contributed by atoms with Crippen molar-refractivity contribution in [2.45, 2.75) is 25.9 Å². The number of halogens is 2. The minimum absolute atomic E-state index is 0.0476. The zero-order chi connectivity index (χ0) is 11.5. The van der Waals surface area contributed by atoms with Gasteiger partial charge in [0.1, 0.15) is 5.82 Å². The van der Waals surface area contributed by atoms with Crippen molar-refractivity contribution < 1.29 is 9.50 Å². The van der Waals surface area contributed by atoms with Crippen molar-refractivity contribution in [3.05, 3.63) is 34.1 Å². The smallest absolute Gasteiger partial charge is 0.137 e. The third kappa shape index (κ3) is 3.89. The van der Waals surface area contributed by atoms with Gasteiger partial charge >= 0.3 is 0 Å². The largest absolute Gasteiger partial charge is 0.394 e. The molecular weight excluding hydrogens is 261 g/mol. The van der Waals surface area contributed by atoms with Crippen molar-refractivity contribution in [3.8, 4) is 0 Å². The summed E-state index contributed by atoms with van der Waals surface area (Å²) in [5, 5.41) is 12.2. The number of benzene rings is 1. The van der Waals surface area contributed by atoms with Crippen molar-refractivity contribution in [1.29, 1.82) is 0 Å². The molecule has 2 nitrogen and oxygen atoms in total. The Bertz CT molecular complexity index is 341. The average Bonchev–Trinajstić information content (AvgIpc) is 2.20. The van der Waals surface area contributed by atoms with E-state index in [0.717, 1.165) is 5.56 Å². The molecule has 0 spiro atoms. The van der Waals surface area contributed by atoms with Gasteiger partial charge in [-0.15, -0.1) is 0 Å². The van der Waals surface area contributed by atoms with Crippen LogP contribution < -0.4 is 5.32 Å². The molecule has 0 aliphatic carbocycles. The van der Waals surface area contributed by atoms with E-state index in [9.17, 15) is 4.39 Å². The molecule has 0 saturated heterocycles. The summed E-state index contributed by atoms with van der Waals surface area (Å²) in [4.78, 5) is 0. The highest BCUT2D eigenvalue weighted by Crippen LogP contribution is 2.16. The molecule has 0 atom stereocenters. The van der Waals surface area contributed by atoms with Crippen LogP contribution in [-0.2, 0) is 6.54 Å². The maximum Gasteiger partial charge on any atom is 0.137 e. The second-order valence-corrected chi connectivity index (χ2v) is 5.00. The fourth-order valence-electron chi connectivity index (χ4n) is 1.05. The van der Waals surface area contributed by atoms with Crippen LogP contribution in [0.2, 0.25) is 0 Å². The van der Waals surface area contributed by atoms with Crippen LogP contribution in [0.1, 0.15) is 19.4 Å². The minimum atomic E-state index is -0.344. The van der Waals surface area contributed by atoms with Crippen molar-refractivity contribution in [2.75, 3.05) is 6.61 Å². The first kappa shape index (κ1) is 12.6. The summed E-state index contributed by atoms with van der Waals surface area (Å²) in [6.45, 7) is 4.37. The topological polar surface area (TPSA) is 32.3 Å². The molecule has 2 N–H and O–H groups in total. The summed E-state index contributed by atoms with van der Waals surface area (Å²) >= 11 is 3.10. The number of aliphatic hydroxyl groups is 1. The molecule has 15 heavy (non-hydrogen) atoms. The second kappa shape index (κ2) is 5.05. The van der Waals surface area contributed by atoms with E-state index in [2.05, 4.69) is 21.2 Å². The van der Waals surface area contributed by atoms with Gasteiger partial charge in [0, 0.05) is 12.1 Å². The zero-order valence-electron chi connectivity index (χ0n) is 8.85. The van der Waals surface area contributed by atoms with E-state index in [1.54, 1.807) is 6.07 Å². The van der Waals surface area contributed by atoms with Gasteiger partial charge in [-0.1, -0.05) is 6.07 Å². The van der Waals surface area contributed by atoms with Crippen LogP contribution >= 0.6 is 15.9 Å². The summed E-state index contributed by atoms with van der Waals surface area (Å²) in [6, 6.07) is 5.00. The molecule has 1 aromatic rings. The predicted molar refractivity (Wildman–Crippen MR) is 62.1 cm³/mol. The Morgan fingerprint density at radius 2 is 2.13 bits per heavy atom. The fourth-order valence-corrected chi connectivity index (χ4v) is 1.29. The summed E-state index contributed by atoms with van der Waals surface area (Å²) in [6.07, 6.45) is 0. The highest BCUT2D eigenvalue weighted by molar-refractivity contribution is 9.10. The molecule has 0 radical (unpaired) electrons. The highest BCUT2D eigenvalue weighted by atomic mass is 79.9. The molecule has 0 aliphatic heterocycles. The van der Waals surface area contributed by atoms with Crippen molar-refractivity contribution in [1.82, 2.24) is 5.32 Å². The molecule has 0 saturated carbocycles. The molecule has 0 heterocycles. The van der Waals surface area contributed by atoms with Crippen LogP contribution in [-0.4, -0.2) is 17.3 Å². The number of hydrogen-bond acceptors (Lipinski definition) is 2. The molecule has 1 aromatic carbocycles. The van der Waals surface area contributed by atoms with Gasteiger partial charge in [-0.3, -0.25) is 0 Å². The van der Waals surface area contributed by atoms with Gasteiger partial charge < -0.3 is 10.4 Å². The first-order valence-electron chi connectivity index (χ1n) is 4.74. The molecule has 0 aromatic heterocycles. The molecule has 0 bridgehead atoms. The van der Waals surface area contributed by atoms with E-state index in [4.69, 9.17) is 5.11 Å². The molecule has 0 amide bonds. The second-order valence-electron chi connectivity index (χ2n) is 4.14. The lowest BCUT2D eigenvalue weighted by Crippen LogP contribution is -2.42. The Balaban J connectivity index is 2.62. The minimum Gasteiger partial charge on any atom is -0.394 e. The van der Waals surface area contributed by atoms with E-state index >= 15 is 0 Å². The van der Waals surface area contributed by atoms with Crippen LogP contribution in [0.3, 0.4) is 0 Å². The maximum absolute atomic E-state index is 13.2. The highest BCUT2D eigenvalue weighted by Gasteiger charge is 2.14. The third-order valence-electron chi connectivity index (χ3n) is 2.15. The third-order valence-corrected chi connectivity index (χ3v) is 2.79. The summed E-state index contributed by atoms with van der Waals surface area (Å²) in [5.41, 5.74) is 0.515.